The molecule has 0 aliphatic rings. The summed E-state index contributed by atoms with van der Waals surface area (Å²) < 4.78 is 0. The van der Waals surface area contributed by atoms with Gasteiger partial charge in [-0.1, -0.05) is 82.3 Å². The van der Waals surface area contributed by atoms with E-state index in [1.807, 2.05) is 0 Å². The molecule has 2 atom stereocenters. The van der Waals surface area contributed by atoms with Crippen LogP contribution in [-0.2, 0) is 6.42 Å². The molecule has 0 bridgehead atoms. The largest absolute Gasteiger partial charge is 0.0648 e. The quantitative estimate of drug-likeness (QED) is 0.541. The van der Waals surface area contributed by atoms with E-state index in [9.17, 15) is 0 Å². The van der Waals surface area contributed by atoms with Gasteiger partial charge >= 0.3 is 0 Å². The molecule has 0 saturated heterocycles. The van der Waals surface area contributed by atoms with Crippen molar-refractivity contribution >= 4 is 0 Å². The molecule has 0 saturated carbocycles. The average Bonchev–Trinajstić information content (AvgIpc) is 2.55. The maximum absolute atomic E-state index is 2.36. The minimum absolute atomic E-state index is 0.644. The van der Waals surface area contributed by atoms with Gasteiger partial charge in [0.1, 0.15) is 0 Å². The van der Waals surface area contributed by atoms with Crippen LogP contribution in [0.3, 0.4) is 0 Å². The van der Waals surface area contributed by atoms with E-state index in [2.05, 4.69) is 82.3 Å². The maximum atomic E-state index is 2.36. The highest BCUT2D eigenvalue weighted by atomic mass is 14.2. The van der Waals surface area contributed by atoms with Crippen molar-refractivity contribution in [1.82, 2.24) is 0 Å². The van der Waals surface area contributed by atoms with Gasteiger partial charge in [-0.25, -0.2) is 0 Å². The van der Waals surface area contributed by atoms with Crippen LogP contribution in [0.2, 0.25) is 0 Å². The lowest BCUT2D eigenvalue weighted by Crippen LogP contribution is -2.12. The van der Waals surface area contributed by atoms with Crippen molar-refractivity contribution in [3.8, 4) is 0 Å². The van der Waals surface area contributed by atoms with Gasteiger partial charge in [-0.2, -0.15) is 0 Å². The minimum Gasteiger partial charge on any atom is -0.0648 e. The summed E-state index contributed by atoms with van der Waals surface area (Å²) in [6.07, 6.45) is 3.61. The molecule has 0 amide bonds. The normalized spacial score (nSPS) is 14.0. The van der Waals surface area contributed by atoms with Gasteiger partial charge < -0.3 is 0 Å². The Morgan fingerprint density at radius 1 is 0.773 bits per heavy atom. The zero-order valence-electron chi connectivity index (χ0n) is 14.5. The fourth-order valence-corrected chi connectivity index (χ4v) is 3.33. The Bertz CT molecular complexity index is 553. The fourth-order valence-electron chi connectivity index (χ4n) is 3.33. The van der Waals surface area contributed by atoms with Crippen LogP contribution in [0.1, 0.15) is 69.1 Å². The van der Waals surface area contributed by atoms with Crippen molar-refractivity contribution in [3.05, 3.63) is 71.3 Å². The molecule has 118 valence electrons. The van der Waals surface area contributed by atoms with E-state index in [4.69, 9.17) is 0 Å². The Labute approximate surface area is 136 Å². The summed E-state index contributed by atoms with van der Waals surface area (Å²) in [5.74, 6) is 1.97. The second kappa shape index (κ2) is 8.17. The Kier molecular flexibility index (Phi) is 6.24. The third-order valence-corrected chi connectivity index (χ3v) is 4.93. The molecule has 0 nitrogen and oxygen atoms in total. The minimum atomic E-state index is 0.644. The van der Waals surface area contributed by atoms with Crippen LogP contribution in [-0.4, -0.2) is 0 Å². The van der Waals surface area contributed by atoms with E-state index in [1.165, 1.54) is 24.8 Å². The lowest BCUT2D eigenvalue weighted by Gasteiger charge is -2.26. The SMILES string of the molecule is CCC(C)c1ccccc1C(CCc1ccccc1)C(C)C. The van der Waals surface area contributed by atoms with Gasteiger partial charge in [0.25, 0.3) is 0 Å². The molecule has 0 radical (unpaired) electrons. The van der Waals surface area contributed by atoms with Crippen LogP contribution in [0, 0.1) is 5.92 Å². The van der Waals surface area contributed by atoms with E-state index < -0.39 is 0 Å². The molecule has 0 spiro atoms. The highest BCUT2D eigenvalue weighted by Gasteiger charge is 2.20. The molecule has 22 heavy (non-hydrogen) atoms. The molecule has 2 unspecified atom stereocenters. The highest BCUT2D eigenvalue weighted by Crippen LogP contribution is 2.35. The monoisotopic (exact) mass is 294 g/mol. The van der Waals surface area contributed by atoms with Crippen molar-refractivity contribution < 1.29 is 0 Å². The van der Waals surface area contributed by atoms with Crippen LogP contribution >= 0.6 is 0 Å². The van der Waals surface area contributed by atoms with Crippen LogP contribution < -0.4 is 0 Å². The zero-order valence-corrected chi connectivity index (χ0v) is 14.5. The molecule has 2 rings (SSSR count). The predicted octanol–water partition coefficient (Wildman–Crippen LogP) is 6.57. The predicted molar refractivity (Wildman–Crippen MR) is 97.5 cm³/mol. The number of rotatable bonds is 7. The summed E-state index contributed by atoms with van der Waals surface area (Å²) in [4.78, 5) is 0. The summed E-state index contributed by atoms with van der Waals surface area (Å²) in [6, 6.07) is 20.0. The first kappa shape index (κ1) is 16.8. The molecular formula is C22H30. The first-order chi connectivity index (χ1) is 10.6. The second-order valence-corrected chi connectivity index (χ2v) is 6.81. The highest BCUT2D eigenvalue weighted by molar-refractivity contribution is 5.33. The second-order valence-electron chi connectivity index (χ2n) is 6.81. The first-order valence-electron chi connectivity index (χ1n) is 8.76. The van der Waals surface area contributed by atoms with Gasteiger partial charge in [0.05, 0.1) is 0 Å². The van der Waals surface area contributed by atoms with Crippen molar-refractivity contribution in [2.45, 2.75) is 58.8 Å². The Morgan fingerprint density at radius 3 is 1.95 bits per heavy atom. The topological polar surface area (TPSA) is 0 Å². The fraction of sp³-hybridized carbons (Fsp3) is 0.455. The van der Waals surface area contributed by atoms with Gasteiger partial charge in [0.2, 0.25) is 0 Å². The maximum Gasteiger partial charge on any atom is -0.0133 e. The van der Waals surface area contributed by atoms with Gasteiger partial charge in [-0.05, 0) is 53.7 Å². The van der Waals surface area contributed by atoms with Crippen LogP contribution in [0.25, 0.3) is 0 Å². The number of benzene rings is 2. The lowest BCUT2D eigenvalue weighted by molar-refractivity contribution is 0.462. The summed E-state index contributed by atoms with van der Waals surface area (Å²) in [7, 11) is 0. The number of hydrogen-bond donors (Lipinski definition) is 0. The van der Waals surface area contributed by atoms with Crippen molar-refractivity contribution in [3.63, 3.8) is 0 Å². The van der Waals surface area contributed by atoms with Crippen LogP contribution in [0.15, 0.2) is 54.6 Å². The Morgan fingerprint density at radius 2 is 1.36 bits per heavy atom. The Balaban J connectivity index is 2.21. The summed E-state index contributed by atoms with van der Waals surface area (Å²) in [6.45, 7) is 9.37. The molecule has 0 heteroatoms. The molecule has 0 aromatic heterocycles. The summed E-state index contributed by atoms with van der Waals surface area (Å²) in [5.41, 5.74) is 4.58. The Hall–Kier alpha value is -1.56. The van der Waals surface area contributed by atoms with E-state index in [1.54, 1.807) is 11.1 Å². The third kappa shape index (κ3) is 4.22. The van der Waals surface area contributed by atoms with Crippen LogP contribution in [0.4, 0.5) is 0 Å². The first-order valence-corrected chi connectivity index (χ1v) is 8.76. The molecule has 0 aliphatic carbocycles. The third-order valence-electron chi connectivity index (χ3n) is 4.93. The standard InChI is InChI=1S/C22H30/c1-5-18(4)21-13-9-10-14-22(21)20(17(2)3)16-15-19-11-7-6-8-12-19/h6-14,17-18,20H,5,15-16H2,1-4H3. The van der Waals surface area contributed by atoms with Crippen molar-refractivity contribution in [2.75, 3.05) is 0 Å². The van der Waals surface area contributed by atoms with Crippen LogP contribution in [0.5, 0.6) is 0 Å². The summed E-state index contributed by atoms with van der Waals surface area (Å²) >= 11 is 0. The molecule has 0 fully saturated rings. The van der Waals surface area contributed by atoms with E-state index in [-0.39, 0.29) is 0 Å². The van der Waals surface area contributed by atoms with Gasteiger partial charge in [-0.3, -0.25) is 0 Å². The summed E-state index contributed by atoms with van der Waals surface area (Å²) in [5, 5.41) is 0. The number of aryl methyl sites for hydroxylation is 1. The molecule has 2 aromatic carbocycles. The van der Waals surface area contributed by atoms with Gasteiger partial charge in [0.15, 0.2) is 0 Å². The zero-order chi connectivity index (χ0) is 15.9. The molecule has 0 aliphatic heterocycles. The van der Waals surface area contributed by atoms with Crippen molar-refractivity contribution in [2.24, 2.45) is 5.92 Å². The lowest BCUT2D eigenvalue weighted by atomic mass is 9.79. The van der Waals surface area contributed by atoms with Crippen molar-refractivity contribution in [1.29, 1.82) is 0 Å². The van der Waals surface area contributed by atoms with Gasteiger partial charge in [0, 0.05) is 0 Å². The smallest absolute Gasteiger partial charge is 0.0133 e. The molecule has 2 aromatic rings. The van der Waals surface area contributed by atoms with Gasteiger partial charge in [-0.15, -0.1) is 0 Å². The molecular weight excluding hydrogens is 264 g/mol. The molecule has 0 N–H and O–H groups in total. The van der Waals surface area contributed by atoms with E-state index in [0.717, 1.165) is 0 Å². The number of hydrogen-bond acceptors (Lipinski definition) is 0. The van der Waals surface area contributed by atoms with E-state index in [0.29, 0.717) is 17.8 Å². The van der Waals surface area contributed by atoms with E-state index >= 15 is 0 Å². The molecule has 0 heterocycles. The average molecular weight is 294 g/mol.